The van der Waals surface area contributed by atoms with E-state index >= 15 is 0 Å². The quantitative estimate of drug-likeness (QED) is 0.186. The van der Waals surface area contributed by atoms with Crippen LogP contribution in [0.3, 0.4) is 0 Å². The van der Waals surface area contributed by atoms with Crippen molar-refractivity contribution in [3.63, 3.8) is 0 Å². The monoisotopic (exact) mass is 519 g/mol. The van der Waals surface area contributed by atoms with Crippen LogP contribution in [0.4, 0.5) is 5.69 Å². The van der Waals surface area contributed by atoms with E-state index in [1.165, 1.54) is 30.2 Å². The summed E-state index contributed by atoms with van der Waals surface area (Å²) in [6.45, 7) is 4.19. The van der Waals surface area contributed by atoms with Crippen LogP contribution in [0.2, 0.25) is 5.02 Å². The molecule has 1 aliphatic heterocycles. The first-order valence-electron chi connectivity index (χ1n) is 11.8. The summed E-state index contributed by atoms with van der Waals surface area (Å²) in [7, 11) is 1.28. The topological polar surface area (TPSA) is 93.1 Å². The number of halogens is 1. The van der Waals surface area contributed by atoms with Gasteiger partial charge in [-0.25, -0.2) is 4.79 Å². The van der Waals surface area contributed by atoms with E-state index in [4.69, 9.17) is 21.1 Å². The molecule has 37 heavy (non-hydrogen) atoms. The molecule has 1 N–H and O–H groups in total. The van der Waals surface area contributed by atoms with Gasteiger partial charge >= 0.3 is 5.97 Å². The lowest BCUT2D eigenvalue weighted by Crippen LogP contribution is -2.29. The number of ether oxygens (including phenoxy) is 2. The Kier molecular flexibility index (Phi) is 7.64. The molecule has 1 saturated heterocycles. The van der Waals surface area contributed by atoms with Gasteiger partial charge in [0.05, 0.1) is 35.9 Å². The second-order valence-corrected chi connectivity index (χ2v) is 8.79. The first-order valence-corrected chi connectivity index (χ1v) is 12.2. The average Bonchev–Trinajstić information content (AvgIpc) is 3.19. The standard InChI is InChI=1S/C29H26ClNO6/c1-4-17-6-8-18(9-7-17)25-24(26(32)20-12-15-22(30)23(16-20)37-5-2)27(33)28(34)31(25)21-13-10-19(11-14-21)29(35)36-3/h6-16,25,32H,4-5H2,1-3H3/b26-24-. The summed E-state index contributed by atoms with van der Waals surface area (Å²) >= 11 is 6.21. The second kappa shape index (κ2) is 10.9. The average molecular weight is 520 g/mol. The van der Waals surface area contributed by atoms with Crippen LogP contribution in [0.25, 0.3) is 5.76 Å². The van der Waals surface area contributed by atoms with Gasteiger partial charge in [0.1, 0.15) is 11.5 Å². The van der Waals surface area contributed by atoms with E-state index in [0.717, 1.165) is 12.0 Å². The highest BCUT2D eigenvalue weighted by molar-refractivity contribution is 6.51. The van der Waals surface area contributed by atoms with Crippen LogP contribution in [0.5, 0.6) is 5.75 Å². The molecule has 1 heterocycles. The van der Waals surface area contributed by atoms with Gasteiger partial charge in [-0.15, -0.1) is 0 Å². The summed E-state index contributed by atoms with van der Waals surface area (Å²) in [5.74, 6) is -2.13. The summed E-state index contributed by atoms with van der Waals surface area (Å²) < 4.78 is 10.3. The molecule has 8 heteroatoms. The number of ketones is 1. The number of rotatable bonds is 7. The van der Waals surface area contributed by atoms with Crippen LogP contribution in [0, 0.1) is 0 Å². The molecular formula is C29H26ClNO6. The van der Waals surface area contributed by atoms with E-state index in [2.05, 4.69) is 0 Å². The Balaban J connectivity index is 1.89. The van der Waals surface area contributed by atoms with Crippen LogP contribution >= 0.6 is 11.6 Å². The number of esters is 1. The van der Waals surface area contributed by atoms with E-state index in [1.807, 2.05) is 31.2 Å². The fraction of sp³-hybridized carbons (Fsp3) is 0.207. The van der Waals surface area contributed by atoms with Gasteiger partial charge in [0, 0.05) is 11.3 Å². The van der Waals surface area contributed by atoms with E-state index in [0.29, 0.717) is 39.8 Å². The predicted octanol–water partition coefficient (Wildman–Crippen LogP) is 5.71. The summed E-state index contributed by atoms with van der Waals surface area (Å²) in [6, 6.07) is 17.5. The minimum atomic E-state index is -0.902. The molecule has 1 amide bonds. The van der Waals surface area contributed by atoms with Crippen LogP contribution in [-0.2, 0) is 20.7 Å². The number of aryl methyl sites for hydroxylation is 1. The van der Waals surface area contributed by atoms with Crippen molar-refractivity contribution in [1.29, 1.82) is 0 Å². The van der Waals surface area contributed by atoms with Crippen molar-refractivity contribution in [2.75, 3.05) is 18.6 Å². The zero-order chi connectivity index (χ0) is 26.7. The van der Waals surface area contributed by atoms with Crippen molar-refractivity contribution in [3.8, 4) is 5.75 Å². The smallest absolute Gasteiger partial charge is 0.337 e. The molecule has 0 spiro atoms. The van der Waals surface area contributed by atoms with Crippen LogP contribution in [0.1, 0.15) is 46.9 Å². The van der Waals surface area contributed by atoms with Crippen molar-refractivity contribution in [2.45, 2.75) is 26.3 Å². The maximum absolute atomic E-state index is 13.4. The molecule has 0 bridgehead atoms. The molecule has 1 unspecified atom stereocenters. The second-order valence-electron chi connectivity index (χ2n) is 8.38. The highest BCUT2D eigenvalue weighted by Crippen LogP contribution is 2.43. The van der Waals surface area contributed by atoms with Crippen LogP contribution in [0.15, 0.2) is 72.3 Å². The first-order chi connectivity index (χ1) is 17.8. The van der Waals surface area contributed by atoms with Gasteiger partial charge < -0.3 is 14.6 Å². The zero-order valence-corrected chi connectivity index (χ0v) is 21.4. The van der Waals surface area contributed by atoms with Crippen molar-refractivity contribution in [3.05, 3.63) is 99.6 Å². The van der Waals surface area contributed by atoms with Crippen molar-refractivity contribution in [1.82, 2.24) is 0 Å². The molecular weight excluding hydrogens is 494 g/mol. The highest BCUT2D eigenvalue weighted by atomic mass is 35.5. The molecule has 7 nitrogen and oxygen atoms in total. The number of aliphatic hydroxyl groups is 1. The van der Waals surface area contributed by atoms with Crippen molar-refractivity contribution < 1.29 is 29.0 Å². The van der Waals surface area contributed by atoms with Gasteiger partial charge in [-0.1, -0.05) is 42.8 Å². The predicted molar refractivity (Wildman–Crippen MR) is 141 cm³/mol. The Labute approximate surface area is 219 Å². The largest absolute Gasteiger partial charge is 0.507 e. The van der Waals surface area contributed by atoms with Crippen LogP contribution < -0.4 is 9.64 Å². The molecule has 1 aliphatic rings. The summed E-state index contributed by atoms with van der Waals surface area (Å²) in [5.41, 5.74) is 2.66. The Hall–Kier alpha value is -4.10. The van der Waals surface area contributed by atoms with Crippen LogP contribution in [-0.4, -0.2) is 36.5 Å². The van der Waals surface area contributed by atoms with E-state index in [1.54, 1.807) is 31.2 Å². The lowest BCUT2D eigenvalue weighted by Gasteiger charge is -2.26. The number of aliphatic hydroxyl groups excluding tert-OH is 1. The number of benzene rings is 3. The molecule has 4 rings (SSSR count). The van der Waals surface area contributed by atoms with Gasteiger partial charge in [-0.3, -0.25) is 14.5 Å². The normalized spacial score (nSPS) is 16.6. The molecule has 0 aliphatic carbocycles. The SMILES string of the molecule is CCOc1cc(/C(O)=C2/C(=O)C(=O)N(c3ccc(C(=O)OC)cc3)C2c2ccc(CC)cc2)ccc1Cl. The minimum absolute atomic E-state index is 0.0592. The van der Waals surface area contributed by atoms with Crippen molar-refractivity contribution >= 4 is 40.7 Å². The lowest BCUT2D eigenvalue weighted by atomic mass is 9.94. The Morgan fingerprint density at radius 2 is 1.62 bits per heavy atom. The number of Topliss-reactive ketones (excluding diaryl/α,β-unsaturated/α-hetero) is 1. The Morgan fingerprint density at radius 1 is 0.973 bits per heavy atom. The zero-order valence-electron chi connectivity index (χ0n) is 20.7. The third-order valence-electron chi connectivity index (χ3n) is 6.22. The van der Waals surface area contributed by atoms with Gasteiger partial charge in [0.25, 0.3) is 11.7 Å². The first kappa shape index (κ1) is 26.0. The number of hydrogen-bond acceptors (Lipinski definition) is 6. The minimum Gasteiger partial charge on any atom is -0.507 e. The summed E-state index contributed by atoms with van der Waals surface area (Å²) in [5, 5.41) is 11.7. The van der Waals surface area contributed by atoms with Gasteiger partial charge in [-0.2, -0.15) is 0 Å². The highest BCUT2D eigenvalue weighted by Gasteiger charge is 2.47. The molecule has 3 aromatic rings. The van der Waals surface area contributed by atoms with Gasteiger partial charge in [-0.05, 0) is 66.9 Å². The third kappa shape index (κ3) is 4.95. The van der Waals surface area contributed by atoms with E-state index in [9.17, 15) is 19.5 Å². The molecule has 3 aromatic carbocycles. The van der Waals surface area contributed by atoms with E-state index in [-0.39, 0.29) is 11.3 Å². The fourth-order valence-corrected chi connectivity index (χ4v) is 4.47. The molecule has 0 saturated carbocycles. The van der Waals surface area contributed by atoms with E-state index < -0.39 is 23.7 Å². The third-order valence-corrected chi connectivity index (χ3v) is 6.53. The molecule has 190 valence electrons. The fourth-order valence-electron chi connectivity index (χ4n) is 4.30. The molecule has 0 radical (unpaired) electrons. The number of carbonyl (C=O) groups excluding carboxylic acids is 3. The molecule has 1 fully saturated rings. The van der Waals surface area contributed by atoms with Gasteiger partial charge in [0.2, 0.25) is 0 Å². The number of anilines is 1. The lowest BCUT2D eigenvalue weighted by molar-refractivity contribution is -0.132. The maximum Gasteiger partial charge on any atom is 0.337 e. The molecule has 0 aromatic heterocycles. The Morgan fingerprint density at radius 3 is 2.22 bits per heavy atom. The number of carbonyl (C=O) groups is 3. The van der Waals surface area contributed by atoms with Gasteiger partial charge in [0.15, 0.2) is 0 Å². The number of nitrogens with zero attached hydrogens (tertiary/aromatic N) is 1. The maximum atomic E-state index is 13.4. The summed E-state index contributed by atoms with van der Waals surface area (Å²) in [4.78, 5) is 39.9. The summed E-state index contributed by atoms with van der Waals surface area (Å²) in [6.07, 6.45) is 0.820. The number of hydrogen-bond donors (Lipinski definition) is 1. The number of amides is 1. The van der Waals surface area contributed by atoms with Crippen molar-refractivity contribution in [2.24, 2.45) is 0 Å². The number of methoxy groups -OCH3 is 1. The molecule has 1 atom stereocenters. The Bertz CT molecular complexity index is 1380.